The molecule has 0 atom stereocenters. The van der Waals surface area contributed by atoms with Crippen LogP contribution in [0.5, 0.6) is 11.5 Å². The highest BCUT2D eigenvalue weighted by Gasteiger charge is 2.17. The lowest BCUT2D eigenvalue weighted by molar-refractivity contribution is 0.102. The normalized spacial score (nSPS) is 14.0. The topological polar surface area (TPSA) is 86.0 Å². The lowest BCUT2D eigenvalue weighted by Gasteiger charge is -2.30. The quantitative estimate of drug-likeness (QED) is 0.786. The fourth-order valence-corrected chi connectivity index (χ4v) is 3.10. The molecule has 0 saturated carbocycles. The van der Waals surface area contributed by atoms with Crippen LogP contribution in [0.15, 0.2) is 30.3 Å². The second-order valence-corrected chi connectivity index (χ2v) is 6.35. The number of nitrogens with two attached hydrogens (primary N) is 1. The molecule has 144 valence electrons. The van der Waals surface area contributed by atoms with Crippen LogP contribution in [0, 0.1) is 6.92 Å². The van der Waals surface area contributed by atoms with Crippen LogP contribution in [0.25, 0.3) is 0 Å². The highest BCUT2D eigenvalue weighted by molar-refractivity contribution is 6.05. The molecule has 0 aliphatic carbocycles. The highest BCUT2D eigenvalue weighted by Crippen LogP contribution is 2.32. The monoisotopic (exact) mass is 371 g/mol. The van der Waals surface area contributed by atoms with Gasteiger partial charge in [-0.3, -0.25) is 4.79 Å². The van der Waals surface area contributed by atoms with Crippen molar-refractivity contribution in [1.82, 2.24) is 0 Å². The van der Waals surface area contributed by atoms with Gasteiger partial charge in [-0.2, -0.15) is 0 Å². The Morgan fingerprint density at radius 3 is 2.48 bits per heavy atom. The van der Waals surface area contributed by atoms with Gasteiger partial charge in [0.05, 0.1) is 38.8 Å². The summed E-state index contributed by atoms with van der Waals surface area (Å²) >= 11 is 0. The zero-order chi connectivity index (χ0) is 19.4. The van der Waals surface area contributed by atoms with Crippen LogP contribution in [0.1, 0.15) is 15.9 Å². The van der Waals surface area contributed by atoms with Crippen molar-refractivity contribution in [2.24, 2.45) is 0 Å². The Labute approximate surface area is 159 Å². The van der Waals surface area contributed by atoms with Crippen LogP contribution in [0.3, 0.4) is 0 Å². The Hall–Kier alpha value is -2.93. The van der Waals surface area contributed by atoms with E-state index in [0.717, 1.165) is 30.0 Å². The molecule has 1 heterocycles. The first kappa shape index (κ1) is 18.8. The molecule has 3 rings (SSSR count). The number of ether oxygens (including phenoxy) is 3. The van der Waals surface area contributed by atoms with Crippen LogP contribution >= 0.6 is 0 Å². The van der Waals surface area contributed by atoms with Gasteiger partial charge in [-0.15, -0.1) is 0 Å². The van der Waals surface area contributed by atoms with Crippen LogP contribution in [-0.2, 0) is 4.74 Å². The Morgan fingerprint density at radius 2 is 1.81 bits per heavy atom. The zero-order valence-electron chi connectivity index (χ0n) is 15.9. The van der Waals surface area contributed by atoms with E-state index in [0.29, 0.717) is 36.0 Å². The van der Waals surface area contributed by atoms with E-state index in [9.17, 15) is 4.79 Å². The summed E-state index contributed by atoms with van der Waals surface area (Å²) in [4.78, 5) is 14.9. The standard InChI is InChI=1S/C20H25N3O4/c1-13-10-15(21)17(23-6-8-27-9-7-23)12-16(13)22-20(24)14-4-5-18(25-2)19(11-14)26-3/h4-5,10-12H,6-9,21H2,1-3H3,(H,22,24). The average molecular weight is 371 g/mol. The maximum atomic E-state index is 12.7. The van der Waals surface area contributed by atoms with Gasteiger partial charge >= 0.3 is 0 Å². The van der Waals surface area contributed by atoms with Gasteiger partial charge in [0.2, 0.25) is 0 Å². The third-order valence-electron chi connectivity index (χ3n) is 4.62. The van der Waals surface area contributed by atoms with Gasteiger partial charge in [0, 0.05) is 24.3 Å². The number of rotatable bonds is 5. The number of morpholine rings is 1. The summed E-state index contributed by atoms with van der Waals surface area (Å²) in [6.07, 6.45) is 0. The molecule has 3 N–H and O–H groups in total. The molecular formula is C20H25N3O4. The van der Waals surface area contributed by atoms with E-state index in [4.69, 9.17) is 19.9 Å². The molecule has 1 amide bonds. The van der Waals surface area contributed by atoms with Crippen LogP contribution in [0.4, 0.5) is 17.1 Å². The number of hydrogen-bond donors (Lipinski definition) is 2. The molecule has 0 unspecified atom stereocenters. The Kier molecular flexibility index (Phi) is 5.71. The molecule has 7 heteroatoms. The second-order valence-electron chi connectivity index (χ2n) is 6.35. The predicted molar refractivity (Wildman–Crippen MR) is 106 cm³/mol. The molecule has 2 aromatic rings. The number of methoxy groups -OCH3 is 2. The number of carbonyl (C=O) groups is 1. The number of nitrogens with one attached hydrogen (secondary N) is 1. The molecule has 1 fully saturated rings. The molecule has 27 heavy (non-hydrogen) atoms. The van der Waals surface area contributed by atoms with Gasteiger partial charge in [0.1, 0.15) is 0 Å². The summed E-state index contributed by atoms with van der Waals surface area (Å²) in [7, 11) is 3.10. The third kappa shape index (κ3) is 4.09. The molecule has 0 spiro atoms. The number of anilines is 3. The highest BCUT2D eigenvalue weighted by atomic mass is 16.5. The first-order valence-corrected chi connectivity index (χ1v) is 8.79. The molecular weight excluding hydrogens is 346 g/mol. The maximum absolute atomic E-state index is 12.7. The summed E-state index contributed by atoms with van der Waals surface area (Å²) in [6.45, 7) is 4.80. The number of aryl methyl sites for hydroxylation is 1. The maximum Gasteiger partial charge on any atom is 0.255 e. The van der Waals surface area contributed by atoms with Gasteiger partial charge in [0.15, 0.2) is 11.5 Å². The number of nitrogen functional groups attached to an aromatic ring is 1. The zero-order valence-corrected chi connectivity index (χ0v) is 15.9. The van der Waals surface area contributed by atoms with Crippen molar-refractivity contribution in [2.75, 3.05) is 56.5 Å². The average Bonchev–Trinajstić information content (AvgIpc) is 2.70. The molecule has 1 aliphatic rings. The third-order valence-corrected chi connectivity index (χ3v) is 4.62. The summed E-state index contributed by atoms with van der Waals surface area (Å²) < 4.78 is 15.9. The molecule has 1 aliphatic heterocycles. The van der Waals surface area contributed by atoms with Crippen LogP contribution < -0.4 is 25.4 Å². The van der Waals surface area contributed by atoms with Crippen molar-refractivity contribution in [3.05, 3.63) is 41.5 Å². The molecule has 2 aromatic carbocycles. The lowest BCUT2D eigenvalue weighted by Crippen LogP contribution is -2.36. The fourth-order valence-electron chi connectivity index (χ4n) is 3.10. The van der Waals surface area contributed by atoms with Crippen molar-refractivity contribution >= 4 is 23.0 Å². The van der Waals surface area contributed by atoms with Crippen LogP contribution in [0.2, 0.25) is 0 Å². The Morgan fingerprint density at radius 1 is 1.11 bits per heavy atom. The van der Waals surface area contributed by atoms with E-state index >= 15 is 0 Å². The Balaban J connectivity index is 1.85. The number of carbonyl (C=O) groups excluding carboxylic acids is 1. The van der Waals surface area contributed by atoms with Crippen molar-refractivity contribution in [3.8, 4) is 11.5 Å². The van der Waals surface area contributed by atoms with E-state index in [-0.39, 0.29) is 5.91 Å². The minimum absolute atomic E-state index is 0.225. The smallest absolute Gasteiger partial charge is 0.255 e. The van der Waals surface area contributed by atoms with Crippen molar-refractivity contribution in [1.29, 1.82) is 0 Å². The van der Waals surface area contributed by atoms with E-state index in [1.54, 1.807) is 25.3 Å². The Bertz CT molecular complexity index is 832. The number of hydrogen-bond acceptors (Lipinski definition) is 6. The lowest BCUT2D eigenvalue weighted by atomic mass is 10.1. The number of amides is 1. The van der Waals surface area contributed by atoms with Crippen molar-refractivity contribution in [2.45, 2.75) is 6.92 Å². The van der Waals surface area contributed by atoms with Crippen LogP contribution in [-0.4, -0.2) is 46.4 Å². The van der Waals surface area contributed by atoms with Gasteiger partial charge < -0.3 is 30.2 Å². The molecule has 0 bridgehead atoms. The van der Waals surface area contributed by atoms with E-state index in [1.807, 2.05) is 19.1 Å². The predicted octanol–water partition coefficient (Wildman–Crippen LogP) is 2.68. The minimum Gasteiger partial charge on any atom is -0.493 e. The number of nitrogens with zero attached hydrogens (tertiary/aromatic N) is 1. The summed E-state index contributed by atoms with van der Waals surface area (Å²) in [6, 6.07) is 8.88. The van der Waals surface area contributed by atoms with Gasteiger partial charge in [-0.1, -0.05) is 0 Å². The summed E-state index contributed by atoms with van der Waals surface area (Å²) in [5.41, 5.74) is 9.92. The van der Waals surface area contributed by atoms with Gasteiger partial charge in [-0.05, 0) is 42.8 Å². The van der Waals surface area contributed by atoms with Crippen molar-refractivity contribution < 1.29 is 19.0 Å². The van der Waals surface area contributed by atoms with Crippen molar-refractivity contribution in [3.63, 3.8) is 0 Å². The largest absolute Gasteiger partial charge is 0.493 e. The second kappa shape index (κ2) is 8.18. The summed E-state index contributed by atoms with van der Waals surface area (Å²) in [5.74, 6) is 0.859. The molecule has 0 radical (unpaired) electrons. The molecule has 0 aromatic heterocycles. The van der Waals surface area contributed by atoms with Gasteiger partial charge in [-0.25, -0.2) is 0 Å². The van der Waals surface area contributed by atoms with E-state index in [1.165, 1.54) is 7.11 Å². The van der Waals surface area contributed by atoms with E-state index in [2.05, 4.69) is 10.2 Å². The molecule has 7 nitrogen and oxygen atoms in total. The number of benzene rings is 2. The summed E-state index contributed by atoms with van der Waals surface area (Å²) in [5, 5.41) is 2.97. The van der Waals surface area contributed by atoms with E-state index < -0.39 is 0 Å². The first-order chi connectivity index (χ1) is 13.0. The SMILES string of the molecule is COc1ccc(C(=O)Nc2cc(N3CCOCC3)c(N)cc2C)cc1OC. The fraction of sp³-hybridized carbons (Fsp3) is 0.350. The van der Waals surface area contributed by atoms with Gasteiger partial charge in [0.25, 0.3) is 5.91 Å². The molecule has 1 saturated heterocycles. The minimum atomic E-state index is -0.225. The first-order valence-electron chi connectivity index (χ1n) is 8.79.